The summed E-state index contributed by atoms with van der Waals surface area (Å²) in [6.45, 7) is 10.5. The Balaban J connectivity index is 0.00000420. The Morgan fingerprint density at radius 1 is 1.24 bits per heavy atom. The van der Waals surface area contributed by atoms with Gasteiger partial charge in [-0.25, -0.2) is 0 Å². The highest BCUT2D eigenvalue weighted by atomic mass is 127. The van der Waals surface area contributed by atoms with Gasteiger partial charge in [0, 0.05) is 33.4 Å². The van der Waals surface area contributed by atoms with E-state index in [1.54, 1.807) is 0 Å². The maximum atomic E-state index is 5.72. The monoisotopic (exact) mass is 518 g/mol. The maximum absolute atomic E-state index is 5.72. The number of nitrogens with zero attached hydrogens (tertiary/aromatic N) is 2. The van der Waals surface area contributed by atoms with Gasteiger partial charge in [-0.05, 0) is 37.9 Å². The third kappa shape index (κ3) is 9.63. The summed E-state index contributed by atoms with van der Waals surface area (Å²) < 4.78 is 11.3. The summed E-state index contributed by atoms with van der Waals surface area (Å²) in [5.41, 5.74) is 1.33. The average Bonchev–Trinajstić information content (AvgIpc) is 3.26. The molecule has 1 fully saturated rings. The standard InChI is InChI=1S/C22H38N4O2.HI/c1-4-26(5-2)21(19-11-7-6-8-12-19)17-25-22(23-3)24-14-10-15-27-18-20-13-9-16-28-20;/h6-8,11-12,20-21H,4-5,9-10,13-18H2,1-3H3,(H2,23,24,25);1H. The van der Waals surface area contributed by atoms with Gasteiger partial charge in [-0.2, -0.15) is 0 Å². The molecule has 1 heterocycles. The molecule has 166 valence electrons. The quantitative estimate of drug-likeness (QED) is 0.192. The second kappa shape index (κ2) is 15.9. The third-order valence-corrected chi connectivity index (χ3v) is 5.21. The molecule has 1 aliphatic rings. The molecule has 6 nitrogen and oxygen atoms in total. The van der Waals surface area contributed by atoms with E-state index in [-0.39, 0.29) is 24.0 Å². The number of likely N-dealkylation sites (N-methyl/N-ethyl adjacent to an activating group) is 1. The van der Waals surface area contributed by atoms with E-state index in [0.717, 1.165) is 71.2 Å². The van der Waals surface area contributed by atoms with Gasteiger partial charge >= 0.3 is 0 Å². The molecule has 29 heavy (non-hydrogen) atoms. The molecule has 1 saturated heterocycles. The lowest BCUT2D eigenvalue weighted by Gasteiger charge is -2.30. The van der Waals surface area contributed by atoms with Crippen LogP contribution in [0.25, 0.3) is 0 Å². The molecular formula is C22H39IN4O2. The van der Waals surface area contributed by atoms with Crippen molar-refractivity contribution in [3.05, 3.63) is 35.9 Å². The van der Waals surface area contributed by atoms with Crippen LogP contribution in [0.1, 0.15) is 44.7 Å². The summed E-state index contributed by atoms with van der Waals surface area (Å²) in [6.07, 6.45) is 3.54. The Hall–Kier alpha value is -0.900. The predicted octanol–water partition coefficient (Wildman–Crippen LogP) is 3.44. The Morgan fingerprint density at radius 2 is 2.00 bits per heavy atom. The second-order valence-electron chi connectivity index (χ2n) is 7.09. The van der Waals surface area contributed by atoms with Crippen LogP contribution in [0.2, 0.25) is 0 Å². The fourth-order valence-electron chi connectivity index (χ4n) is 3.58. The van der Waals surface area contributed by atoms with Gasteiger partial charge in [0.2, 0.25) is 0 Å². The highest BCUT2D eigenvalue weighted by Gasteiger charge is 2.18. The Bertz CT molecular complexity index is 549. The van der Waals surface area contributed by atoms with Gasteiger partial charge in [-0.15, -0.1) is 24.0 Å². The number of aliphatic imine (C=N–C) groups is 1. The van der Waals surface area contributed by atoms with Crippen molar-refractivity contribution in [2.24, 2.45) is 4.99 Å². The fourth-order valence-corrected chi connectivity index (χ4v) is 3.58. The molecule has 1 aromatic carbocycles. The van der Waals surface area contributed by atoms with Gasteiger partial charge in [0.15, 0.2) is 5.96 Å². The van der Waals surface area contributed by atoms with E-state index < -0.39 is 0 Å². The Morgan fingerprint density at radius 3 is 2.62 bits per heavy atom. The number of nitrogens with one attached hydrogen (secondary N) is 2. The van der Waals surface area contributed by atoms with Gasteiger partial charge in [0.1, 0.15) is 0 Å². The molecule has 2 unspecified atom stereocenters. The lowest BCUT2D eigenvalue weighted by molar-refractivity contribution is 0.0168. The van der Waals surface area contributed by atoms with E-state index in [1.807, 2.05) is 7.05 Å². The summed E-state index contributed by atoms with van der Waals surface area (Å²) in [4.78, 5) is 6.83. The largest absolute Gasteiger partial charge is 0.379 e. The number of ether oxygens (including phenoxy) is 2. The zero-order chi connectivity index (χ0) is 20.0. The van der Waals surface area contributed by atoms with E-state index >= 15 is 0 Å². The fraction of sp³-hybridized carbons (Fsp3) is 0.682. The molecule has 0 aromatic heterocycles. The van der Waals surface area contributed by atoms with E-state index in [9.17, 15) is 0 Å². The maximum Gasteiger partial charge on any atom is 0.191 e. The minimum absolute atomic E-state index is 0. The Kier molecular flexibility index (Phi) is 14.3. The van der Waals surface area contributed by atoms with Crippen molar-refractivity contribution in [3.63, 3.8) is 0 Å². The van der Waals surface area contributed by atoms with Crippen LogP contribution in [-0.4, -0.2) is 70.0 Å². The predicted molar refractivity (Wildman–Crippen MR) is 131 cm³/mol. The molecule has 7 heteroatoms. The molecule has 0 saturated carbocycles. The number of guanidine groups is 1. The molecule has 1 aromatic rings. The van der Waals surface area contributed by atoms with Crippen LogP contribution in [0.5, 0.6) is 0 Å². The molecule has 2 N–H and O–H groups in total. The summed E-state index contributed by atoms with van der Waals surface area (Å²) in [5, 5.41) is 6.88. The molecule has 0 radical (unpaired) electrons. The number of hydrogen-bond donors (Lipinski definition) is 2. The lowest BCUT2D eigenvalue weighted by atomic mass is 10.1. The van der Waals surface area contributed by atoms with Gasteiger partial charge in [0.25, 0.3) is 0 Å². The first-order valence-electron chi connectivity index (χ1n) is 10.7. The van der Waals surface area contributed by atoms with Crippen LogP contribution in [0.3, 0.4) is 0 Å². The molecule has 0 bridgehead atoms. The van der Waals surface area contributed by atoms with Crippen molar-refractivity contribution in [2.45, 2.75) is 45.3 Å². The van der Waals surface area contributed by atoms with Crippen LogP contribution in [0.4, 0.5) is 0 Å². The normalized spacial score (nSPS) is 17.8. The van der Waals surface area contributed by atoms with Crippen molar-refractivity contribution < 1.29 is 9.47 Å². The Labute approximate surface area is 193 Å². The van der Waals surface area contributed by atoms with Crippen LogP contribution < -0.4 is 10.6 Å². The minimum Gasteiger partial charge on any atom is -0.379 e. The van der Waals surface area contributed by atoms with Gasteiger partial charge in [-0.1, -0.05) is 44.2 Å². The minimum atomic E-state index is 0. The number of hydrogen-bond acceptors (Lipinski definition) is 4. The second-order valence-corrected chi connectivity index (χ2v) is 7.09. The van der Waals surface area contributed by atoms with Crippen molar-refractivity contribution in [3.8, 4) is 0 Å². The SMILES string of the molecule is CCN(CC)C(CNC(=NC)NCCCOCC1CCCO1)c1ccccc1.I. The number of halogens is 1. The van der Waals surface area contributed by atoms with Crippen LogP contribution in [0, 0.1) is 0 Å². The highest BCUT2D eigenvalue weighted by Crippen LogP contribution is 2.19. The molecule has 0 amide bonds. The molecule has 0 aliphatic carbocycles. The van der Waals surface area contributed by atoms with E-state index in [1.165, 1.54) is 5.56 Å². The van der Waals surface area contributed by atoms with Crippen molar-refractivity contribution in [2.75, 3.05) is 53.0 Å². The van der Waals surface area contributed by atoms with E-state index in [4.69, 9.17) is 9.47 Å². The van der Waals surface area contributed by atoms with Crippen LogP contribution in [-0.2, 0) is 9.47 Å². The van der Waals surface area contributed by atoms with Gasteiger partial charge < -0.3 is 20.1 Å². The first-order chi connectivity index (χ1) is 13.8. The van der Waals surface area contributed by atoms with Gasteiger partial charge in [-0.3, -0.25) is 9.89 Å². The third-order valence-electron chi connectivity index (χ3n) is 5.21. The zero-order valence-corrected chi connectivity index (χ0v) is 20.6. The smallest absolute Gasteiger partial charge is 0.191 e. The number of rotatable bonds is 12. The van der Waals surface area contributed by atoms with E-state index in [0.29, 0.717) is 12.1 Å². The van der Waals surface area contributed by atoms with Crippen LogP contribution in [0.15, 0.2) is 35.3 Å². The van der Waals surface area contributed by atoms with Crippen molar-refractivity contribution >= 4 is 29.9 Å². The van der Waals surface area contributed by atoms with Crippen LogP contribution >= 0.6 is 24.0 Å². The highest BCUT2D eigenvalue weighted by molar-refractivity contribution is 14.0. The zero-order valence-electron chi connectivity index (χ0n) is 18.2. The van der Waals surface area contributed by atoms with Crippen molar-refractivity contribution in [1.29, 1.82) is 0 Å². The molecule has 2 atom stereocenters. The molecule has 0 spiro atoms. The molecule has 2 rings (SSSR count). The molecular weight excluding hydrogens is 479 g/mol. The summed E-state index contributed by atoms with van der Waals surface area (Å²) in [7, 11) is 1.82. The average molecular weight is 518 g/mol. The van der Waals surface area contributed by atoms with Crippen molar-refractivity contribution in [1.82, 2.24) is 15.5 Å². The molecule has 1 aliphatic heterocycles. The first kappa shape index (κ1) is 26.1. The first-order valence-corrected chi connectivity index (χ1v) is 10.7. The summed E-state index contributed by atoms with van der Waals surface area (Å²) in [5.74, 6) is 0.840. The number of benzene rings is 1. The van der Waals surface area contributed by atoms with Gasteiger partial charge in [0.05, 0.1) is 18.8 Å². The van der Waals surface area contributed by atoms with E-state index in [2.05, 4.69) is 64.7 Å². The summed E-state index contributed by atoms with van der Waals surface area (Å²) in [6, 6.07) is 11.0. The summed E-state index contributed by atoms with van der Waals surface area (Å²) >= 11 is 0. The topological polar surface area (TPSA) is 58.1 Å². The lowest BCUT2D eigenvalue weighted by Crippen LogP contribution is -2.43.